The smallest absolute Gasteiger partial charge is 0.165 e. The lowest BCUT2D eigenvalue weighted by Gasteiger charge is -2.19. The quantitative estimate of drug-likeness (QED) is 0.403. The number of nitrogens with one attached hydrogen (secondary N) is 1. The van der Waals surface area contributed by atoms with Crippen LogP contribution in [0.4, 0.5) is 0 Å². The summed E-state index contributed by atoms with van der Waals surface area (Å²) in [5.41, 5.74) is 9.47. The number of hydrogen-bond donors (Lipinski definition) is 3. The van der Waals surface area contributed by atoms with Gasteiger partial charge in [0.25, 0.3) is 0 Å². The Balaban J connectivity index is 3.85. The van der Waals surface area contributed by atoms with Crippen molar-refractivity contribution in [2.45, 2.75) is 12.6 Å². The molecule has 0 atom stereocenters. The number of hydrogen-bond acceptors (Lipinski definition) is 4. The van der Waals surface area contributed by atoms with Gasteiger partial charge in [-0.2, -0.15) is 0 Å². The van der Waals surface area contributed by atoms with E-state index in [1.165, 1.54) is 6.92 Å². The Morgan fingerprint density at radius 2 is 2.11 bits per heavy atom. The zero-order valence-electron chi connectivity index (χ0n) is 5.77. The van der Waals surface area contributed by atoms with Crippen LogP contribution in [0.3, 0.4) is 0 Å². The second-order valence-electron chi connectivity index (χ2n) is 2.13. The molecule has 0 fully saturated rings. The van der Waals surface area contributed by atoms with Crippen molar-refractivity contribution < 1.29 is 4.79 Å². The molecule has 0 unspecified atom stereocenters. The minimum Gasteiger partial charge on any atom is -0.316 e. The summed E-state index contributed by atoms with van der Waals surface area (Å²) in [7, 11) is 1.69. The van der Waals surface area contributed by atoms with Crippen LogP contribution in [0.25, 0.3) is 0 Å². The molecule has 0 amide bonds. The molecule has 9 heavy (non-hydrogen) atoms. The number of Topliss-reactive ketones (excluding diaryl/α,β-unsaturated/α-hetero) is 1. The van der Waals surface area contributed by atoms with Crippen molar-refractivity contribution >= 4 is 5.78 Å². The Labute approximate surface area is 54.6 Å². The van der Waals surface area contributed by atoms with Crippen LogP contribution in [0, 0.1) is 0 Å². The van der Waals surface area contributed by atoms with E-state index >= 15 is 0 Å². The molecule has 0 bridgehead atoms. The van der Waals surface area contributed by atoms with E-state index in [1.807, 2.05) is 0 Å². The first-order chi connectivity index (χ1) is 4.00. The zero-order valence-corrected chi connectivity index (χ0v) is 5.77. The molecule has 0 aromatic rings. The fraction of sp³-hybridized carbons (Fsp3) is 0.800. The number of nitrogens with two attached hydrogens (primary N) is 2. The molecule has 0 aliphatic heterocycles. The molecule has 5 N–H and O–H groups in total. The highest BCUT2D eigenvalue weighted by Crippen LogP contribution is 1.87. The van der Waals surface area contributed by atoms with Crippen molar-refractivity contribution in [3.05, 3.63) is 0 Å². The number of likely N-dealkylation sites (N-methyl/N-ethyl adjacent to an activating group) is 1. The van der Waals surface area contributed by atoms with E-state index in [4.69, 9.17) is 11.5 Å². The molecule has 54 valence electrons. The largest absolute Gasteiger partial charge is 0.316 e. The summed E-state index contributed by atoms with van der Waals surface area (Å²) >= 11 is 0. The fourth-order valence-electron chi connectivity index (χ4n) is 0.417. The van der Waals surface area contributed by atoms with Crippen LogP contribution in [0.5, 0.6) is 0 Å². The van der Waals surface area contributed by atoms with Crippen LogP contribution < -0.4 is 16.8 Å². The van der Waals surface area contributed by atoms with Gasteiger partial charge in [-0.25, -0.2) is 0 Å². The maximum atomic E-state index is 10.6. The van der Waals surface area contributed by atoms with Gasteiger partial charge in [0.2, 0.25) is 0 Å². The number of rotatable bonds is 3. The monoisotopic (exact) mass is 131 g/mol. The molecule has 0 aliphatic carbocycles. The van der Waals surface area contributed by atoms with Gasteiger partial charge in [0, 0.05) is 6.54 Å². The van der Waals surface area contributed by atoms with E-state index in [-0.39, 0.29) is 5.78 Å². The van der Waals surface area contributed by atoms with Crippen molar-refractivity contribution in [3.63, 3.8) is 0 Å². The first-order valence-corrected chi connectivity index (χ1v) is 2.74. The molecule has 0 saturated carbocycles. The van der Waals surface area contributed by atoms with Gasteiger partial charge in [-0.05, 0) is 14.0 Å². The predicted molar refractivity (Wildman–Crippen MR) is 35.7 cm³/mol. The minimum atomic E-state index is -1.20. The van der Waals surface area contributed by atoms with E-state index in [1.54, 1.807) is 7.05 Å². The lowest BCUT2D eigenvalue weighted by atomic mass is 10.1. The van der Waals surface area contributed by atoms with Gasteiger partial charge in [0.1, 0.15) is 5.66 Å². The van der Waals surface area contributed by atoms with Gasteiger partial charge in [-0.1, -0.05) is 0 Å². The summed E-state index contributed by atoms with van der Waals surface area (Å²) in [4.78, 5) is 10.6. The summed E-state index contributed by atoms with van der Waals surface area (Å²) in [6, 6.07) is 0. The van der Waals surface area contributed by atoms with Crippen LogP contribution in [0.2, 0.25) is 0 Å². The summed E-state index contributed by atoms with van der Waals surface area (Å²) in [5, 5.41) is 2.72. The van der Waals surface area contributed by atoms with E-state index < -0.39 is 5.66 Å². The maximum Gasteiger partial charge on any atom is 0.165 e. The third kappa shape index (κ3) is 2.55. The van der Waals surface area contributed by atoms with Crippen molar-refractivity contribution in [1.82, 2.24) is 5.32 Å². The van der Waals surface area contributed by atoms with Crippen LogP contribution >= 0.6 is 0 Å². The Morgan fingerprint density at radius 1 is 1.67 bits per heavy atom. The lowest BCUT2D eigenvalue weighted by Crippen LogP contribution is -2.61. The molecule has 4 nitrogen and oxygen atoms in total. The molecule has 4 heteroatoms. The fourth-order valence-corrected chi connectivity index (χ4v) is 0.417. The summed E-state index contributed by atoms with van der Waals surface area (Å²) < 4.78 is 0. The molecule has 0 spiro atoms. The highest BCUT2D eigenvalue weighted by molar-refractivity contribution is 5.85. The normalized spacial score (nSPS) is 11.6. The van der Waals surface area contributed by atoms with Gasteiger partial charge in [0.15, 0.2) is 5.78 Å². The van der Waals surface area contributed by atoms with E-state index in [9.17, 15) is 4.79 Å². The topological polar surface area (TPSA) is 81.1 Å². The summed E-state index contributed by atoms with van der Waals surface area (Å²) in [5.74, 6) is -0.211. The first kappa shape index (κ1) is 8.55. The number of carbonyl (C=O) groups is 1. The van der Waals surface area contributed by atoms with E-state index in [2.05, 4.69) is 5.32 Å². The van der Waals surface area contributed by atoms with Gasteiger partial charge < -0.3 is 16.8 Å². The van der Waals surface area contributed by atoms with Crippen LogP contribution in [0.15, 0.2) is 0 Å². The second-order valence-corrected chi connectivity index (χ2v) is 2.13. The molecule has 0 heterocycles. The third-order valence-corrected chi connectivity index (χ3v) is 1.12. The molecule has 0 aromatic heterocycles. The SMILES string of the molecule is CNCC(N)(N)C(C)=O. The number of carbonyl (C=O) groups excluding carboxylic acids is 1. The van der Waals surface area contributed by atoms with E-state index in [0.29, 0.717) is 6.54 Å². The van der Waals surface area contributed by atoms with Crippen LogP contribution in [-0.4, -0.2) is 25.0 Å². The molecule has 0 aromatic carbocycles. The molecular formula is C5H13N3O. The van der Waals surface area contributed by atoms with E-state index in [0.717, 1.165) is 0 Å². The van der Waals surface area contributed by atoms with Crippen LogP contribution in [-0.2, 0) is 4.79 Å². The Bertz CT molecular complexity index is 111. The van der Waals surface area contributed by atoms with Gasteiger partial charge >= 0.3 is 0 Å². The Kier molecular flexibility index (Phi) is 2.76. The van der Waals surface area contributed by atoms with Crippen LogP contribution in [0.1, 0.15) is 6.92 Å². The average Bonchev–Trinajstić information content (AvgIpc) is 1.65. The lowest BCUT2D eigenvalue weighted by molar-refractivity contribution is -0.121. The third-order valence-electron chi connectivity index (χ3n) is 1.12. The van der Waals surface area contributed by atoms with Crippen molar-refractivity contribution in [3.8, 4) is 0 Å². The standard InChI is InChI=1S/C5H13N3O/c1-4(9)5(6,7)3-8-2/h8H,3,6-7H2,1-2H3. The Hall–Kier alpha value is -0.450. The molecule has 0 radical (unpaired) electrons. The Morgan fingerprint density at radius 3 is 2.22 bits per heavy atom. The second kappa shape index (κ2) is 2.91. The average molecular weight is 131 g/mol. The number of ketones is 1. The highest BCUT2D eigenvalue weighted by atomic mass is 16.1. The van der Waals surface area contributed by atoms with Crippen molar-refractivity contribution in [2.75, 3.05) is 13.6 Å². The van der Waals surface area contributed by atoms with Crippen molar-refractivity contribution in [1.29, 1.82) is 0 Å². The molecule has 0 aliphatic rings. The zero-order chi connectivity index (χ0) is 7.49. The summed E-state index contributed by atoms with van der Waals surface area (Å²) in [6.07, 6.45) is 0. The van der Waals surface area contributed by atoms with Crippen molar-refractivity contribution in [2.24, 2.45) is 11.5 Å². The minimum absolute atomic E-state index is 0.211. The molecular weight excluding hydrogens is 118 g/mol. The summed E-state index contributed by atoms with van der Waals surface area (Å²) in [6.45, 7) is 1.68. The molecule has 0 saturated heterocycles. The highest BCUT2D eigenvalue weighted by Gasteiger charge is 2.23. The first-order valence-electron chi connectivity index (χ1n) is 2.74. The maximum absolute atomic E-state index is 10.6. The van der Waals surface area contributed by atoms with Gasteiger partial charge in [-0.15, -0.1) is 0 Å². The van der Waals surface area contributed by atoms with Gasteiger partial charge in [-0.3, -0.25) is 4.79 Å². The predicted octanol–water partition coefficient (Wildman–Crippen LogP) is -1.59. The van der Waals surface area contributed by atoms with Gasteiger partial charge in [0.05, 0.1) is 0 Å². The molecule has 0 rings (SSSR count).